The Morgan fingerprint density at radius 2 is 2.18 bits per heavy atom. The van der Waals surface area contributed by atoms with E-state index in [9.17, 15) is 4.39 Å². The molecule has 84 valence electrons. The maximum atomic E-state index is 13.2. The molecule has 0 radical (unpaired) electrons. The largest absolute Gasteiger partial charge is 0.454 e. The van der Waals surface area contributed by atoms with Gasteiger partial charge in [0.15, 0.2) is 5.75 Å². The highest BCUT2D eigenvalue weighted by molar-refractivity contribution is 6.30. The van der Waals surface area contributed by atoms with Crippen molar-refractivity contribution in [1.29, 1.82) is 5.26 Å². The van der Waals surface area contributed by atoms with Crippen LogP contribution in [0.3, 0.4) is 0 Å². The average Bonchev–Trinajstić information content (AvgIpc) is 2.34. The fourth-order valence-electron chi connectivity index (χ4n) is 1.22. The lowest BCUT2D eigenvalue weighted by Crippen LogP contribution is -1.90. The van der Waals surface area contributed by atoms with Gasteiger partial charge < -0.3 is 4.74 Å². The number of halogens is 2. The van der Waals surface area contributed by atoms with Gasteiger partial charge in [0.2, 0.25) is 0 Å². The van der Waals surface area contributed by atoms with E-state index < -0.39 is 5.82 Å². The third kappa shape index (κ3) is 2.52. The van der Waals surface area contributed by atoms with E-state index >= 15 is 0 Å². The number of hydrogen-bond acceptors (Lipinski definition) is 3. The SMILES string of the molecule is N#Cc1ccncc1Oc1ccc(Cl)c(F)c1. The second-order valence-corrected chi connectivity index (χ2v) is 3.57. The van der Waals surface area contributed by atoms with E-state index in [4.69, 9.17) is 21.6 Å². The van der Waals surface area contributed by atoms with E-state index in [1.807, 2.05) is 6.07 Å². The first kappa shape index (κ1) is 11.4. The van der Waals surface area contributed by atoms with Gasteiger partial charge in [0.05, 0.1) is 16.8 Å². The highest BCUT2D eigenvalue weighted by Gasteiger charge is 2.06. The number of rotatable bonds is 2. The van der Waals surface area contributed by atoms with Crippen molar-refractivity contribution in [3.63, 3.8) is 0 Å². The molecule has 0 saturated heterocycles. The number of pyridine rings is 1. The maximum Gasteiger partial charge on any atom is 0.163 e. The summed E-state index contributed by atoms with van der Waals surface area (Å²) in [6.07, 6.45) is 2.87. The summed E-state index contributed by atoms with van der Waals surface area (Å²) in [7, 11) is 0. The van der Waals surface area contributed by atoms with Gasteiger partial charge in [0.1, 0.15) is 17.6 Å². The molecule has 0 bridgehead atoms. The summed E-state index contributed by atoms with van der Waals surface area (Å²) in [5.74, 6) is -0.0420. The molecule has 0 unspecified atom stereocenters. The highest BCUT2D eigenvalue weighted by atomic mass is 35.5. The first-order valence-corrected chi connectivity index (χ1v) is 5.05. The number of aromatic nitrogens is 1. The minimum absolute atomic E-state index is 0.0176. The molecule has 0 spiro atoms. The van der Waals surface area contributed by atoms with Crippen LogP contribution in [0.1, 0.15) is 5.56 Å². The smallest absolute Gasteiger partial charge is 0.163 e. The molecule has 0 N–H and O–H groups in total. The zero-order valence-corrected chi connectivity index (χ0v) is 9.28. The van der Waals surface area contributed by atoms with Crippen molar-refractivity contribution in [3.05, 3.63) is 53.1 Å². The highest BCUT2D eigenvalue weighted by Crippen LogP contribution is 2.26. The number of nitrogens with zero attached hydrogens (tertiary/aromatic N) is 2. The van der Waals surface area contributed by atoms with Crippen molar-refractivity contribution in [2.45, 2.75) is 0 Å². The second-order valence-electron chi connectivity index (χ2n) is 3.16. The van der Waals surface area contributed by atoms with Gasteiger partial charge in [0, 0.05) is 12.3 Å². The normalized spacial score (nSPS) is 9.71. The lowest BCUT2D eigenvalue weighted by molar-refractivity contribution is 0.473. The second kappa shape index (κ2) is 4.81. The first-order chi connectivity index (χ1) is 8.20. The molecule has 1 aromatic carbocycles. The lowest BCUT2D eigenvalue weighted by atomic mass is 10.2. The van der Waals surface area contributed by atoms with Gasteiger partial charge in [0.25, 0.3) is 0 Å². The molecule has 0 aliphatic heterocycles. The van der Waals surface area contributed by atoms with Crippen LogP contribution in [0.15, 0.2) is 36.7 Å². The fourth-order valence-corrected chi connectivity index (χ4v) is 1.34. The molecule has 2 aromatic rings. The maximum absolute atomic E-state index is 13.2. The van der Waals surface area contributed by atoms with Crippen LogP contribution >= 0.6 is 11.6 Å². The lowest BCUT2D eigenvalue weighted by Gasteiger charge is -2.06. The Kier molecular flexibility index (Phi) is 3.22. The van der Waals surface area contributed by atoms with Crippen LogP contribution in [0.4, 0.5) is 4.39 Å². The summed E-state index contributed by atoms with van der Waals surface area (Å²) >= 11 is 5.55. The molecular weight excluding hydrogens is 243 g/mol. The van der Waals surface area contributed by atoms with E-state index in [1.165, 1.54) is 30.6 Å². The minimum atomic E-state index is -0.577. The Morgan fingerprint density at radius 1 is 1.35 bits per heavy atom. The van der Waals surface area contributed by atoms with E-state index in [0.29, 0.717) is 5.56 Å². The molecule has 3 nitrogen and oxygen atoms in total. The first-order valence-electron chi connectivity index (χ1n) is 4.67. The van der Waals surface area contributed by atoms with Crippen LogP contribution in [0.25, 0.3) is 0 Å². The van der Waals surface area contributed by atoms with Gasteiger partial charge >= 0.3 is 0 Å². The van der Waals surface area contributed by atoms with Crippen LogP contribution in [0.5, 0.6) is 11.5 Å². The fraction of sp³-hybridized carbons (Fsp3) is 0. The van der Waals surface area contributed by atoms with Crippen molar-refractivity contribution in [1.82, 2.24) is 4.98 Å². The van der Waals surface area contributed by atoms with Gasteiger partial charge in [-0.2, -0.15) is 5.26 Å². The molecule has 0 amide bonds. The van der Waals surface area contributed by atoms with Gasteiger partial charge in [-0.05, 0) is 18.2 Å². The van der Waals surface area contributed by atoms with E-state index in [2.05, 4.69) is 4.98 Å². The predicted molar refractivity (Wildman–Crippen MR) is 60.4 cm³/mol. The van der Waals surface area contributed by atoms with Gasteiger partial charge in [-0.15, -0.1) is 0 Å². The Bertz CT molecular complexity index is 595. The predicted octanol–water partition coefficient (Wildman–Crippen LogP) is 3.54. The van der Waals surface area contributed by atoms with Crippen molar-refractivity contribution in [2.24, 2.45) is 0 Å². The van der Waals surface area contributed by atoms with Crippen LogP contribution in [0.2, 0.25) is 5.02 Å². The van der Waals surface area contributed by atoms with Crippen LogP contribution < -0.4 is 4.74 Å². The molecular formula is C12H6ClFN2O. The number of benzene rings is 1. The summed E-state index contributed by atoms with van der Waals surface area (Å²) in [4.78, 5) is 3.83. The molecule has 1 heterocycles. The molecule has 0 fully saturated rings. The minimum Gasteiger partial charge on any atom is -0.454 e. The zero-order chi connectivity index (χ0) is 12.3. The summed E-state index contributed by atoms with van der Waals surface area (Å²) in [6, 6.07) is 7.52. The van der Waals surface area contributed by atoms with E-state index in [-0.39, 0.29) is 16.5 Å². The van der Waals surface area contributed by atoms with Gasteiger partial charge in [-0.3, -0.25) is 4.98 Å². The van der Waals surface area contributed by atoms with Gasteiger partial charge in [-0.25, -0.2) is 4.39 Å². The molecule has 5 heteroatoms. The van der Waals surface area contributed by atoms with Crippen molar-refractivity contribution in [2.75, 3.05) is 0 Å². The molecule has 0 atom stereocenters. The molecule has 0 saturated carbocycles. The molecule has 0 aliphatic rings. The monoisotopic (exact) mass is 248 g/mol. The number of nitriles is 1. The van der Waals surface area contributed by atoms with Crippen LogP contribution in [0, 0.1) is 17.1 Å². The van der Waals surface area contributed by atoms with Gasteiger partial charge in [-0.1, -0.05) is 11.6 Å². The van der Waals surface area contributed by atoms with Crippen LogP contribution in [-0.4, -0.2) is 4.98 Å². The molecule has 17 heavy (non-hydrogen) atoms. The van der Waals surface area contributed by atoms with E-state index in [0.717, 1.165) is 6.07 Å². The Morgan fingerprint density at radius 3 is 2.88 bits per heavy atom. The van der Waals surface area contributed by atoms with E-state index in [1.54, 1.807) is 0 Å². The molecule has 2 rings (SSSR count). The number of hydrogen-bond donors (Lipinski definition) is 0. The Hall–Kier alpha value is -2.12. The average molecular weight is 249 g/mol. The zero-order valence-electron chi connectivity index (χ0n) is 8.52. The van der Waals surface area contributed by atoms with Crippen molar-refractivity contribution < 1.29 is 9.13 Å². The number of ether oxygens (including phenoxy) is 1. The summed E-state index contributed by atoms with van der Waals surface area (Å²) in [5.41, 5.74) is 0.329. The molecule has 1 aromatic heterocycles. The van der Waals surface area contributed by atoms with Crippen molar-refractivity contribution >= 4 is 11.6 Å². The third-order valence-electron chi connectivity index (χ3n) is 2.02. The Balaban J connectivity index is 2.32. The van der Waals surface area contributed by atoms with Crippen molar-refractivity contribution in [3.8, 4) is 17.6 Å². The quantitative estimate of drug-likeness (QED) is 0.817. The molecule has 0 aliphatic carbocycles. The standard InChI is InChI=1S/C12H6ClFN2O/c13-10-2-1-9(5-11(10)14)17-12-7-16-4-3-8(12)6-15/h1-5,7H. The third-order valence-corrected chi connectivity index (χ3v) is 2.33. The summed E-state index contributed by atoms with van der Waals surface area (Å²) in [5, 5.41) is 8.86. The topological polar surface area (TPSA) is 45.9 Å². The summed E-state index contributed by atoms with van der Waals surface area (Å²) in [6.45, 7) is 0. The van der Waals surface area contributed by atoms with Crippen LogP contribution in [-0.2, 0) is 0 Å². The summed E-state index contributed by atoms with van der Waals surface area (Å²) < 4.78 is 18.5. The Labute approximate surface area is 102 Å².